The lowest BCUT2D eigenvalue weighted by Gasteiger charge is -2.05. The van der Waals surface area contributed by atoms with Gasteiger partial charge in [-0.25, -0.2) is 0 Å². The summed E-state index contributed by atoms with van der Waals surface area (Å²) in [5, 5.41) is 10.5. The first kappa shape index (κ1) is 13.0. The molecule has 0 fully saturated rings. The first-order valence-corrected chi connectivity index (χ1v) is 6.36. The van der Waals surface area contributed by atoms with E-state index in [-0.39, 0.29) is 5.91 Å². The van der Waals surface area contributed by atoms with Gasteiger partial charge in [0, 0.05) is 16.6 Å². The number of carbonyl (C=O) groups is 1. The van der Waals surface area contributed by atoms with Gasteiger partial charge in [-0.1, -0.05) is 6.07 Å². The third kappa shape index (κ3) is 2.51. The SMILES string of the molecule is COc1cccc(C(=O)Nc2n[nH]c3ccc(N)cc23)c1. The number of aromatic nitrogens is 2. The van der Waals surface area contributed by atoms with Gasteiger partial charge in [0.25, 0.3) is 5.91 Å². The van der Waals surface area contributed by atoms with Crippen molar-refractivity contribution in [3.63, 3.8) is 0 Å². The van der Waals surface area contributed by atoms with E-state index in [1.165, 1.54) is 0 Å². The Kier molecular flexibility index (Phi) is 3.19. The van der Waals surface area contributed by atoms with Crippen LogP contribution < -0.4 is 15.8 Å². The van der Waals surface area contributed by atoms with Crippen molar-refractivity contribution in [2.24, 2.45) is 0 Å². The molecule has 2 aromatic carbocycles. The number of nitrogens with two attached hydrogens (primary N) is 1. The molecule has 1 aromatic heterocycles. The van der Waals surface area contributed by atoms with Gasteiger partial charge in [0.2, 0.25) is 0 Å². The second-order valence-electron chi connectivity index (χ2n) is 4.56. The molecule has 0 unspecified atom stereocenters. The molecule has 4 N–H and O–H groups in total. The fourth-order valence-corrected chi connectivity index (χ4v) is 2.07. The molecule has 21 heavy (non-hydrogen) atoms. The van der Waals surface area contributed by atoms with E-state index in [2.05, 4.69) is 15.5 Å². The van der Waals surface area contributed by atoms with Gasteiger partial charge in [0.05, 0.1) is 12.6 Å². The van der Waals surface area contributed by atoms with E-state index in [4.69, 9.17) is 10.5 Å². The molecule has 106 valence electrons. The zero-order valence-corrected chi connectivity index (χ0v) is 11.4. The van der Waals surface area contributed by atoms with Crippen LogP contribution in [0.15, 0.2) is 42.5 Å². The Morgan fingerprint density at radius 2 is 2.14 bits per heavy atom. The van der Waals surface area contributed by atoms with Gasteiger partial charge in [-0.2, -0.15) is 5.10 Å². The maximum absolute atomic E-state index is 12.3. The van der Waals surface area contributed by atoms with Gasteiger partial charge in [-0.15, -0.1) is 0 Å². The van der Waals surface area contributed by atoms with Crippen molar-refractivity contribution in [2.45, 2.75) is 0 Å². The number of fused-ring (bicyclic) bond motifs is 1. The average molecular weight is 282 g/mol. The summed E-state index contributed by atoms with van der Waals surface area (Å²) in [5.74, 6) is 0.814. The summed E-state index contributed by atoms with van der Waals surface area (Å²) in [6, 6.07) is 12.3. The van der Waals surface area contributed by atoms with Crippen LogP contribution in [0.2, 0.25) is 0 Å². The van der Waals surface area contributed by atoms with Crippen molar-refractivity contribution in [2.75, 3.05) is 18.2 Å². The van der Waals surface area contributed by atoms with E-state index in [1.54, 1.807) is 43.5 Å². The molecule has 0 radical (unpaired) electrons. The van der Waals surface area contributed by atoms with E-state index in [0.717, 1.165) is 10.9 Å². The van der Waals surface area contributed by atoms with Gasteiger partial charge in [-0.05, 0) is 36.4 Å². The minimum absolute atomic E-state index is 0.260. The van der Waals surface area contributed by atoms with Crippen molar-refractivity contribution >= 4 is 28.3 Å². The van der Waals surface area contributed by atoms with Crippen molar-refractivity contribution in [3.05, 3.63) is 48.0 Å². The van der Waals surface area contributed by atoms with Crippen LogP contribution in [0.5, 0.6) is 5.75 Å². The summed E-state index contributed by atoms with van der Waals surface area (Å²) < 4.78 is 5.11. The van der Waals surface area contributed by atoms with Crippen LogP contribution in [0, 0.1) is 0 Å². The molecule has 0 aliphatic heterocycles. The molecule has 0 aliphatic rings. The lowest BCUT2D eigenvalue weighted by molar-refractivity contribution is 0.102. The monoisotopic (exact) mass is 282 g/mol. The van der Waals surface area contributed by atoms with Gasteiger partial charge >= 0.3 is 0 Å². The highest BCUT2D eigenvalue weighted by molar-refractivity contribution is 6.08. The van der Waals surface area contributed by atoms with Crippen LogP contribution in [-0.2, 0) is 0 Å². The van der Waals surface area contributed by atoms with Crippen molar-refractivity contribution in [1.29, 1.82) is 0 Å². The number of nitrogen functional groups attached to an aromatic ring is 1. The van der Waals surface area contributed by atoms with Gasteiger partial charge < -0.3 is 15.8 Å². The molecule has 0 atom stereocenters. The zero-order valence-electron chi connectivity index (χ0n) is 11.4. The fraction of sp³-hybridized carbons (Fsp3) is 0.0667. The lowest BCUT2D eigenvalue weighted by Crippen LogP contribution is -2.12. The van der Waals surface area contributed by atoms with Crippen LogP contribution in [0.1, 0.15) is 10.4 Å². The second kappa shape index (κ2) is 5.16. The summed E-state index contributed by atoms with van der Waals surface area (Å²) in [4.78, 5) is 12.3. The predicted molar refractivity (Wildman–Crippen MR) is 81.5 cm³/mol. The molecule has 0 saturated carbocycles. The quantitative estimate of drug-likeness (QED) is 0.643. The Balaban J connectivity index is 1.90. The molecule has 0 bridgehead atoms. The number of amides is 1. The number of aromatic amines is 1. The summed E-state index contributed by atoms with van der Waals surface area (Å²) in [5.41, 5.74) is 7.68. The van der Waals surface area contributed by atoms with Crippen molar-refractivity contribution in [3.8, 4) is 5.75 Å². The number of hydrogen-bond donors (Lipinski definition) is 3. The topological polar surface area (TPSA) is 93.0 Å². The molecular formula is C15H14N4O2. The lowest BCUT2D eigenvalue weighted by atomic mass is 10.2. The zero-order chi connectivity index (χ0) is 14.8. The van der Waals surface area contributed by atoms with Crippen molar-refractivity contribution < 1.29 is 9.53 Å². The van der Waals surface area contributed by atoms with E-state index in [0.29, 0.717) is 22.8 Å². The van der Waals surface area contributed by atoms with Gasteiger partial charge in [-0.3, -0.25) is 9.89 Å². The number of rotatable bonds is 3. The Bertz CT molecular complexity index is 810. The van der Waals surface area contributed by atoms with E-state index in [9.17, 15) is 4.79 Å². The number of nitrogens with one attached hydrogen (secondary N) is 2. The molecule has 3 rings (SSSR count). The fourth-order valence-electron chi connectivity index (χ4n) is 2.07. The first-order valence-electron chi connectivity index (χ1n) is 6.36. The molecule has 0 saturated heterocycles. The molecule has 1 amide bonds. The third-order valence-corrected chi connectivity index (χ3v) is 3.15. The first-order chi connectivity index (χ1) is 10.2. The molecule has 0 spiro atoms. The number of hydrogen-bond acceptors (Lipinski definition) is 4. The van der Waals surface area contributed by atoms with E-state index >= 15 is 0 Å². The predicted octanol–water partition coefficient (Wildman–Crippen LogP) is 2.41. The van der Waals surface area contributed by atoms with Gasteiger partial charge in [0.15, 0.2) is 5.82 Å². The highest BCUT2D eigenvalue weighted by Gasteiger charge is 2.12. The third-order valence-electron chi connectivity index (χ3n) is 3.15. The summed E-state index contributed by atoms with van der Waals surface area (Å²) >= 11 is 0. The molecule has 6 heteroatoms. The van der Waals surface area contributed by atoms with Crippen LogP contribution in [0.3, 0.4) is 0 Å². The Hall–Kier alpha value is -3.02. The van der Waals surface area contributed by atoms with Gasteiger partial charge in [0.1, 0.15) is 5.75 Å². The smallest absolute Gasteiger partial charge is 0.257 e. The van der Waals surface area contributed by atoms with E-state index in [1.807, 2.05) is 6.07 Å². The summed E-state index contributed by atoms with van der Waals surface area (Å²) in [6.45, 7) is 0. The average Bonchev–Trinajstić information content (AvgIpc) is 2.89. The molecule has 1 heterocycles. The normalized spacial score (nSPS) is 10.5. The minimum atomic E-state index is -0.260. The second-order valence-corrected chi connectivity index (χ2v) is 4.56. The Morgan fingerprint density at radius 3 is 2.95 bits per heavy atom. The van der Waals surface area contributed by atoms with Crippen molar-refractivity contribution in [1.82, 2.24) is 10.2 Å². The molecular weight excluding hydrogens is 268 g/mol. The van der Waals surface area contributed by atoms with Crippen LogP contribution in [0.25, 0.3) is 10.9 Å². The standard InChI is InChI=1S/C15H14N4O2/c1-21-11-4-2-3-9(7-11)15(20)17-14-12-8-10(16)5-6-13(12)18-19-14/h2-8H,16H2,1H3,(H2,17,18,19,20). The number of ether oxygens (including phenoxy) is 1. The number of H-pyrrole nitrogens is 1. The maximum Gasteiger partial charge on any atom is 0.257 e. The number of anilines is 2. The maximum atomic E-state index is 12.3. The largest absolute Gasteiger partial charge is 0.497 e. The highest BCUT2D eigenvalue weighted by atomic mass is 16.5. The Morgan fingerprint density at radius 1 is 1.29 bits per heavy atom. The molecule has 3 aromatic rings. The summed E-state index contributed by atoms with van der Waals surface area (Å²) in [7, 11) is 1.56. The van der Waals surface area contributed by atoms with E-state index < -0.39 is 0 Å². The van der Waals surface area contributed by atoms with Crippen LogP contribution in [-0.4, -0.2) is 23.2 Å². The molecule has 6 nitrogen and oxygen atoms in total. The summed E-state index contributed by atoms with van der Waals surface area (Å²) in [6.07, 6.45) is 0. The Labute approximate surface area is 120 Å². The minimum Gasteiger partial charge on any atom is -0.497 e. The number of benzene rings is 2. The van der Waals surface area contributed by atoms with Crippen LogP contribution in [0.4, 0.5) is 11.5 Å². The van der Waals surface area contributed by atoms with Crippen LogP contribution >= 0.6 is 0 Å². The number of carbonyl (C=O) groups excluding carboxylic acids is 1. The molecule has 0 aliphatic carbocycles. The number of nitrogens with zero attached hydrogens (tertiary/aromatic N) is 1. The highest BCUT2D eigenvalue weighted by Crippen LogP contribution is 2.23. The number of methoxy groups -OCH3 is 1.